The Bertz CT molecular complexity index is 713. The number of fused-ring (bicyclic) bond motifs is 1. The first kappa shape index (κ1) is 16.9. The number of rotatable bonds is 5. The van der Waals surface area contributed by atoms with Crippen LogP contribution in [0.2, 0.25) is 0 Å². The molecule has 2 aromatic carbocycles. The molecular formula is C19H22FNO3. The molecule has 0 bridgehead atoms. The maximum atomic E-state index is 13.9. The molecule has 2 aromatic rings. The van der Waals surface area contributed by atoms with Gasteiger partial charge in [0.15, 0.2) is 0 Å². The first-order valence-corrected chi connectivity index (χ1v) is 8.37. The van der Waals surface area contributed by atoms with Crippen molar-refractivity contribution in [1.82, 2.24) is 5.32 Å². The van der Waals surface area contributed by atoms with Gasteiger partial charge in [-0.05, 0) is 42.7 Å². The lowest BCUT2D eigenvalue weighted by Gasteiger charge is -2.30. The molecule has 1 saturated heterocycles. The van der Waals surface area contributed by atoms with E-state index in [1.807, 2.05) is 0 Å². The summed E-state index contributed by atoms with van der Waals surface area (Å²) in [6, 6.07) is 9.72. The van der Waals surface area contributed by atoms with Crippen molar-refractivity contribution < 1.29 is 19.0 Å². The van der Waals surface area contributed by atoms with Crippen LogP contribution in [0.1, 0.15) is 29.6 Å². The Morgan fingerprint density at radius 1 is 1.21 bits per heavy atom. The normalized spacial score (nSPS) is 16.9. The van der Waals surface area contributed by atoms with Gasteiger partial charge in [0.1, 0.15) is 5.82 Å². The predicted octanol–water partition coefficient (Wildman–Crippen LogP) is 2.89. The number of hydrogen-bond acceptors (Lipinski definition) is 3. The van der Waals surface area contributed by atoms with Gasteiger partial charge in [0.05, 0.1) is 0 Å². The van der Waals surface area contributed by atoms with E-state index in [0.29, 0.717) is 41.9 Å². The molecule has 128 valence electrons. The lowest BCUT2D eigenvalue weighted by atomic mass is 9.89. The van der Waals surface area contributed by atoms with Crippen molar-refractivity contribution in [3.8, 4) is 0 Å². The quantitative estimate of drug-likeness (QED) is 0.886. The van der Waals surface area contributed by atoms with Crippen molar-refractivity contribution in [3.63, 3.8) is 0 Å². The van der Waals surface area contributed by atoms with Crippen molar-refractivity contribution in [2.75, 3.05) is 19.8 Å². The van der Waals surface area contributed by atoms with Crippen LogP contribution in [-0.2, 0) is 4.74 Å². The van der Waals surface area contributed by atoms with Crippen LogP contribution in [0, 0.1) is 11.7 Å². The van der Waals surface area contributed by atoms with E-state index in [-0.39, 0.29) is 24.4 Å². The molecule has 0 aliphatic carbocycles. The Labute approximate surface area is 140 Å². The first-order chi connectivity index (χ1) is 11.7. The van der Waals surface area contributed by atoms with Gasteiger partial charge in [0, 0.05) is 36.8 Å². The zero-order chi connectivity index (χ0) is 16.9. The van der Waals surface area contributed by atoms with Crippen LogP contribution in [-0.4, -0.2) is 36.9 Å². The first-order valence-electron chi connectivity index (χ1n) is 8.37. The molecule has 3 rings (SSSR count). The molecule has 1 aliphatic rings. The Hall–Kier alpha value is -1.98. The van der Waals surface area contributed by atoms with E-state index in [4.69, 9.17) is 4.74 Å². The smallest absolute Gasteiger partial charge is 0.252 e. The zero-order valence-electron chi connectivity index (χ0n) is 13.5. The molecule has 0 aromatic heterocycles. The number of benzene rings is 2. The molecule has 1 heterocycles. The zero-order valence-corrected chi connectivity index (χ0v) is 13.5. The van der Waals surface area contributed by atoms with E-state index in [0.717, 1.165) is 12.8 Å². The topological polar surface area (TPSA) is 58.6 Å². The second-order valence-corrected chi connectivity index (χ2v) is 6.18. The second-order valence-electron chi connectivity index (χ2n) is 6.18. The van der Waals surface area contributed by atoms with Gasteiger partial charge in [-0.1, -0.05) is 24.3 Å². The molecule has 0 spiro atoms. The van der Waals surface area contributed by atoms with E-state index in [9.17, 15) is 14.3 Å². The second kappa shape index (κ2) is 7.73. The third kappa shape index (κ3) is 3.57. The Morgan fingerprint density at radius 3 is 2.62 bits per heavy atom. The van der Waals surface area contributed by atoms with Gasteiger partial charge in [0.2, 0.25) is 0 Å². The van der Waals surface area contributed by atoms with Gasteiger partial charge in [-0.15, -0.1) is 0 Å². The number of aliphatic hydroxyl groups excluding tert-OH is 1. The molecule has 0 radical (unpaired) electrons. The Morgan fingerprint density at radius 2 is 1.92 bits per heavy atom. The van der Waals surface area contributed by atoms with Crippen LogP contribution < -0.4 is 5.32 Å². The minimum Gasteiger partial charge on any atom is -0.396 e. The standard InChI is InChI=1S/C19H22FNO3/c20-17-6-5-16(14-3-1-2-4-15(14)17)19(23)21-18(7-10-22)13-8-11-24-12-9-13/h1-6,13,18,22H,7-12H2,(H,21,23). The maximum absolute atomic E-state index is 13.9. The number of halogens is 1. The number of amides is 1. The molecule has 2 N–H and O–H groups in total. The average Bonchev–Trinajstić information content (AvgIpc) is 2.62. The molecule has 1 atom stereocenters. The fourth-order valence-electron chi connectivity index (χ4n) is 3.39. The van der Waals surface area contributed by atoms with Crippen LogP contribution in [0.3, 0.4) is 0 Å². The fraction of sp³-hybridized carbons (Fsp3) is 0.421. The Balaban J connectivity index is 1.84. The Kier molecular flexibility index (Phi) is 5.43. The molecule has 1 aliphatic heterocycles. The average molecular weight is 331 g/mol. The molecule has 5 heteroatoms. The highest BCUT2D eigenvalue weighted by molar-refractivity contribution is 6.07. The van der Waals surface area contributed by atoms with Crippen molar-refractivity contribution in [2.24, 2.45) is 5.92 Å². The molecule has 24 heavy (non-hydrogen) atoms. The van der Waals surface area contributed by atoms with E-state index >= 15 is 0 Å². The number of carbonyl (C=O) groups is 1. The van der Waals surface area contributed by atoms with E-state index < -0.39 is 0 Å². The summed E-state index contributed by atoms with van der Waals surface area (Å²) in [7, 11) is 0. The van der Waals surface area contributed by atoms with Gasteiger partial charge in [-0.2, -0.15) is 0 Å². The molecule has 1 amide bonds. The third-order valence-electron chi connectivity index (χ3n) is 4.71. The lowest BCUT2D eigenvalue weighted by Crippen LogP contribution is -2.43. The van der Waals surface area contributed by atoms with Gasteiger partial charge in [0.25, 0.3) is 5.91 Å². The van der Waals surface area contributed by atoms with Crippen LogP contribution in [0.4, 0.5) is 4.39 Å². The van der Waals surface area contributed by atoms with Gasteiger partial charge < -0.3 is 15.2 Å². The number of hydrogen-bond donors (Lipinski definition) is 2. The van der Waals surface area contributed by atoms with Crippen molar-refractivity contribution in [1.29, 1.82) is 0 Å². The molecule has 4 nitrogen and oxygen atoms in total. The monoisotopic (exact) mass is 331 g/mol. The van der Waals surface area contributed by atoms with Crippen LogP contribution in [0.5, 0.6) is 0 Å². The summed E-state index contributed by atoms with van der Waals surface area (Å²) in [5.41, 5.74) is 0.460. The molecule has 1 unspecified atom stereocenters. The van der Waals surface area contributed by atoms with Gasteiger partial charge >= 0.3 is 0 Å². The number of carbonyl (C=O) groups excluding carboxylic acids is 1. The summed E-state index contributed by atoms with van der Waals surface area (Å²) in [6.45, 7) is 1.39. The minimum atomic E-state index is -0.335. The number of nitrogens with one attached hydrogen (secondary N) is 1. The maximum Gasteiger partial charge on any atom is 0.252 e. The summed E-state index contributed by atoms with van der Waals surface area (Å²) < 4.78 is 19.3. The van der Waals surface area contributed by atoms with Gasteiger partial charge in [-0.3, -0.25) is 4.79 Å². The van der Waals surface area contributed by atoms with Crippen LogP contribution in [0.15, 0.2) is 36.4 Å². The summed E-state index contributed by atoms with van der Waals surface area (Å²) in [5, 5.41) is 13.4. The fourth-order valence-corrected chi connectivity index (χ4v) is 3.39. The largest absolute Gasteiger partial charge is 0.396 e. The SMILES string of the molecule is O=C(NC(CCO)C1CCOCC1)c1ccc(F)c2ccccc12. The number of ether oxygens (including phenoxy) is 1. The summed E-state index contributed by atoms with van der Waals surface area (Å²) in [6.07, 6.45) is 2.25. The van der Waals surface area contributed by atoms with Crippen molar-refractivity contribution >= 4 is 16.7 Å². The van der Waals surface area contributed by atoms with Crippen LogP contribution in [0.25, 0.3) is 10.8 Å². The highest BCUT2D eigenvalue weighted by Crippen LogP contribution is 2.24. The van der Waals surface area contributed by atoms with E-state index in [1.54, 1.807) is 24.3 Å². The lowest BCUT2D eigenvalue weighted by molar-refractivity contribution is 0.0479. The number of aliphatic hydroxyl groups is 1. The van der Waals surface area contributed by atoms with Gasteiger partial charge in [-0.25, -0.2) is 4.39 Å². The molecule has 1 fully saturated rings. The predicted molar refractivity (Wildman–Crippen MR) is 90.4 cm³/mol. The van der Waals surface area contributed by atoms with E-state index in [2.05, 4.69) is 5.32 Å². The minimum absolute atomic E-state index is 0.0203. The highest BCUT2D eigenvalue weighted by atomic mass is 19.1. The van der Waals surface area contributed by atoms with Crippen LogP contribution >= 0.6 is 0 Å². The molecule has 0 saturated carbocycles. The molecular weight excluding hydrogens is 309 g/mol. The highest BCUT2D eigenvalue weighted by Gasteiger charge is 2.26. The van der Waals surface area contributed by atoms with Crippen molar-refractivity contribution in [3.05, 3.63) is 47.8 Å². The summed E-state index contributed by atoms with van der Waals surface area (Å²) >= 11 is 0. The summed E-state index contributed by atoms with van der Waals surface area (Å²) in [4.78, 5) is 12.8. The van der Waals surface area contributed by atoms with E-state index in [1.165, 1.54) is 12.1 Å². The third-order valence-corrected chi connectivity index (χ3v) is 4.71. The van der Waals surface area contributed by atoms with Crippen molar-refractivity contribution in [2.45, 2.75) is 25.3 Å². The summed E-state index contributed by atoms with van der Waals surface area (Å²) in [5.74, 6) is -0.267.